The molecule has 3 aromatic rings. The van der Waals surface area contributed by atoms with Crippen LogP contribution in [0.3, 0.4) is 0 Å². The van der Waals surface area contributed by atoms with Crippen LogP contribution in [0.4, 0.5) is 0 Å². The van der Waals surface area contributed by atoms with Crippen LogP contribution in [0.25, 0.3) is 5.65 Å². The number of carbonyl (C=O) groups is 1. The van der Waals surface area contributed by atoms with Crippen LogP contribution in [-0.4, -0.2) is 33.6 Å². The number of amides is 1. The van der Waals surface area contributed by atoms with Crippen LogP contribution in [-0.2, 0) is 5.75 Å². The number of rotatable bonds is 6. The number of hydrogen-bond acceptors (Lipinski definition) is 4. The van der Waals surface area contributed by atoms with Crippen LogP contribution < -0.4 is 5.32 Å². The molecule has 0 aliphatic carbocycles. The lowest BCUT2D eigenvalue weighted by Gasteiger charge is -2.08. The average Bonchev–Trinajstić information content (AvgIpc) is 3.01. The molecular formula is C17H17N3O2S. The first kappa shape index (κ1) is 15.6. The summed E-state index contributed by atoms with van der Waals surface area (Å²) in [7, 11) is 0. The number of nitrogens with one attached hydrogen (secondary N) is 1. The molecule has 0 saturated carbocycles. The predicted molar refractivity (Wildman–Crippen MR) is 90.6 cm³/mol. The van der Waals surface area contributed by atoms with Gasteiger partial charge in [-0.3, -0.25) is 4.79 Å². The monoisotopic (exact) mass is 327 g/mol. The number of aromatic nitrogens is 2. The number of aliphatic hydroxyl groups excluding tert-OH is 1. The summed E-state index contributed by atoms with van der Waals surface area (Å²) < 4.78 is 1.98. The van der Waals surface area contributed by atoms with E-state index in [9.17, 15) is 4.79 Å². The normalized spacial score (nSPS) is 10.8. The molecule has 118 valence electrons. The molecule has 0 saturated heterocycles. The third kappa shape index (κ3) is 3.72. The largest absolute Gasteiger partial charge is 0.395 e. The highest BCUT2D eigenvalue weighted by Gasteiger charge is 2.11. The van der Waals surface area contributed by atoms with Crippen LogP contribution in [0.5, 0.6) is 0 Å². The minimum Gasteiger partial charge on any atom is -0.395 e. The number of nitrogens with zero attached hydrogens (tertiary/aromatic N) is 2. The topological polar surface area (TPSA) is 66.6 Å². The summed E-state index contributed by atoms with van der Waals surface area (Å²) in [6.07, 6.45) is 3.96. The van der Waals surface area contributed by atoms with Gasteiger partial charge in [-0.1, -0.05) is 18.2 Å². The fourth-order valence-corrected chi connectivity index (χ4v) is 3.19. The van der Waals surface area contributed by atoms with E-state index in [1.807, 2.05) is 53.2 Å². The molecule has 6 heteroatoms. The van der Waals surface area contributed by atoms with Gasteiger partial charge in [0.2, 0.25) is 0 Å². The third-order valence-electron chi connectivity index (χ3n) is 3.32. The number of pyridine rings is 1. The van der Waals surface area contributed by atoms with Gasteiger partial charge in [0.15, 0.2) is 0 Å². The van der Waals surface area contributed by atoms with E-state index in [1.165, 1.54) is 0 Å². The second kappa shape index (κ2) is 7.30. The molecule has 1 amide bonds. The van der Waals surface area contributed by atoms with Crippen LogP contribution in [0, 0.1) is 0 Å². The maximum Gasteiger partial charge on any atom is 0.252 e. The van der Waals surface area contributed by atoms with Gasteiger partial charge in [0.1, 0.15) is 5.65 Å². The van der Waals surface area contributed by atoms with Crippen molar-refractivity contribution in [3.8, 4) is 0 Å². The molecule has 0 aliphatic rings. The van der Waals surface area contributed by atoms with Gasteiger partial charge in [-0.2, -0.15) is 0 Å². The zero-order valence-corrected chi connectivity index (χ0v) is 13.3. The van der Waals surface area contributed by atoms with Crippen molar-refractivity contribution in [1.29, 1.82) is 0 Å². The Balaban J connectivity index is 1.73. The van der Waals surface area contributed by atoms with Gasteiger partial charge in [0.05, 0.1) is 17.9 Å². The fraction of sp³-hybridized carbons (Fsp3) is 0.176. The minimum absolute atomic E-state index is 0.0672. The van der Waals surface area contributed by atoms with Crippen molar-refractivity contribution in [3.63, 3.8) is 0 Å². The van der Waals surface area contributed by atoms with E-state index in [2.05, 4.69) is 10.3 Å². The van der Waals surface area contributed by atoms with E-state index >= 15 is 0 Å². The number of hydrogen-bond donors (Lipinski definition) is 2. The number of benzene rings is 1. The molecule has 23 heavy (non-hydrogen) atoms. The SMILES string of the molecule is O=C(NCCO)c1ccccc1SCc1cn2ccccc2n1. The molecule has 0 fully saturated rings. The van der Waals surface area contributed by atoms with Gasteiger partial charge in [-0.05, 0) is 24.3 Å². The lowest BCUT2D eigenvalue weighted by atomic mass is 10.2. The minimum atomic E-state index is -0.169. The summed E-state index contributed by atoms with van der Waals surface area (Å²) in [6, 6.07) is 13.3. The van der Waals surface area contributed by atoms with Crippen molar-refractivity contribution >= 4 is 23.3 Å². The van der Waals surface area contributed by atoms with Crippen LogP contribution >= 0.6 is 11.8 Å². The van der Waals surface area contributed by atoms with Crippen LogP contribution in [0.15, 0.2) is 59.8 Å². The Bertz CT molecular complexity index is 783. The predicted octanol–water partition coefficient (Wildman–Crippen LogP) is 2.35. The second-order valence-corrected chi connectivity index (χ2v) is 5.98. The van der Waals surface area contributed by atoms with E-state index in [4.69, 9.17) is 5.11 Å². The summed E-state index contributed by atoms with van der Waals surface area (Å²) in [6.45, 7) is 0.187. The first-order valence-corrected chi connectivity index (χ1v) is 8.30. The highest BCUT2D eigenvalue weighted by atomic mass is 32.2. The summed E-state index contributed by atoms with van der Waals surface area (Å²) in [5.74, 6) is 0.517. The molecule has 2 aromatic heterocycles. The number of aliphatic hydroxyl groups is 1. The molecule has 5 nitrogen and oxygen atoms in total. The highest BCUT2D eigenvalue weighted by Crippen LogP contribution is 2.26. The third-order valence-corrected chi connectivity index (χ3v) is 4.43. The lowest BCUT2D eigenvalue weighted by Crippen LogP contribution is -2.26. The Hall–Kier alpha value is -2.31. The van der Waals surface area contributed by atoms with Crippen molar-refractivity contribution in [1.82, 2.24) is 14.7 Å². The Labute approximate surface area is 138 Å². The zero-order valence-electron chi connectivity index (χ0n) is 12.5. The number of thioether (sulfide) groups is 1. The Kier molecular flexibility index (Phi) is 4.95. The summed E-state index contributed by atoms with van der Waals surface area (Å²) in [5, 5.41) is 11.5. The molecule has 2 N–H and O–H groups in total. The Morgan fingerprint density at radius 1 is 1.22 bits per heavy atom. The standard InChI is InChI=1S/C17H17N3O2S/c21-10-8-18-17(22)14-5-1-2-6-15(14)23-12-13-11-20-9-4-3-7-16(20)19-13/h1-7,9,11,21H,8,10,12H2,(H,18,22). The second-order valence-electron chi connectivity index (χ2n) is 4.96. The smallest absolute Gasteiger partial charge is 0.252 e. The summed E-state index contributed by atoms with van der Waals surface area (Å²) in [4.78, 5) is 17.6. The average molecular weight is 327 g/mol. The number of carbonyl (C=O) groups excluding carboxylic acids is 1. The van der Waals surface area contributed by atoms with E-state index in [0.29, 0.717) is 11.3 Å². The fourth-order valence-electron chi connectivity index (χ4n) is 2.25. The van der Waals surface area contributed by atoms with Crippen molar-refractivity contribution in [2.45, 2.75) is 10.6 Å². The first-order valence-electron chi connectivity index (χ1n) is 7.31. The van der Waals surface area contributed by atoms with E-state index in [0.717, 1.165) is 16.2 Å². The van der Waals surface area contributed by atoms with Crippen LogP contribution in [0.1, 0.15) is 16.1 Å². The maximum atomic E-state index is 12.1. The van der Waals surface area contributed by atoms with Crippen molar-refractivity contribution in [2.75, 3.05) is 13.2 Å². The molecule has 3 rings (SSSR count). The van der Waals surface area contributed by atoms with E-state index in [1.54, 1.807) is 17.8 Å². The molecule has 0 radical (unpaired) electrons. The van der Waals surface area contributed by atoms with E-state index < -0.39 is 0 Å². The molecule has 0 unspecified atom stereocenters. The number of fused-ring (bicyclic) bond motifs is 1. The highest BCUT2D eigenvalue weighted by molar-refractivity contribution is 7.98. The van der Waals surface area contributed by atoms with Gasteiger partial charge in [-0.25, -0.2) is 4.98 Å². The molecule has 0 aliphatic heterocycles. The number of imidazole rings is 1. The maximum absolute atomic E-state index is 12.1. The lowest BCUT2D eigenvalue weighted by molar-refractivity contribution is 0.0942. The Morgan fingerprint density at radius 2 is 2.04 bits per heavy atom. The quantitative estimate of drug-likeness (QED) is 0.682. The van der Waals surface area contributed by atoms with Crippen molar-refractivity contribution in [2.24, 2.45) is 0 Å². The van der Waals surface area contributed by atoms with Gasteiger partial charge < -0.3 is 14.8 Å². The molecule has 1 aromatic carbocycles. The molecule has 0 atom stereocenters. The molecular weight excluding hydrogens is 310 g/mol. The summed E-state index contributed by atoms with van der Waals surface area (Å²) >= 11 is 1.58. The Morgan fingerprint density at radius 3 is 2.87 bits per heavy atom. The van der Waals surface area contributed by atoms with Gasteiger partial charge in [-0.15, -0.1) is 11.8 Å². The molecule has 0 bridgehead atoms. The molecule has 2 heterocycles. The summed E-state index contributed by atoms with van der Waals surface area (Å²) in [5.41, 5.74) is 2.50. The van der Waals surface area contributed by atoms with Gasteiger partial charge in [0, 0.05) is 29.6 Å². The van der Waals surface area contributed by atoms with Crippen molar-refractivity contribution in [3.05, 3.63) is 66.1 Å². The first-order chi connectivity index (χ1) is 11.3. The van der Waals surface area contributed by atoms with Crippen LogP contribution in [0.2, 0.25) is 0 Å². The van der Waals surface area contributed by atoms with Crippen molar-refractivity contribution < 1.29 is 9.90 Å². The zero-order chi connectivity index (χ0) is 16.1. The van der Waals surface area contributed by atoms with E-state index in [-0.39, 0.29) is 19.1 Å². The van der Waals surface area contributed by atoms with Gasteiger partial charge in [0.25, 0.3) is 5.91 Å². The molecule has 0 spiro atoms. The van der Waals surface area contributed by atoms with Gasteiger partial charge >= 0.3 is 0 Å².